The molecule has 0 atom stereocenters. The van der Waals surface area contributed by atoms with Crippen LogP contribution in [0.2, 0.25) is 0 Å². The van der Waals surface area contributed by atoms with Gasteiger partial charge in [0.2, 0.25) is 0 Å². The van der Waals surface area contributed by atoms with E-state index in [4.69, 9.17) is 0 Å². The van der Waals surface area contributed by atoms with Crippen LogP contribution >= 0.6 is 0 Å². The molecule has 3 nitrogen and oxygen atoms in total. The fourth-order valence-corrected chi connectivity index (χ4v) is 1.28. The normalized spacial score (nSPS) is 10.5. The number of allylic oxidation sites excluding steroid dienone is 2. The maximum atomic E-state index is 11.3. The molecule has 80 valence electrons. The lowest BCUT2D eigenvalue weighted by Gasteiger charge is -2.06. The molecule has 0 unspecified atom stereocenters. The summed E-state index contributed by atoms with van der Waals surface area (Å²) >= 11 is 0. The summed E-state index contributed by atoms with van der Waals surface area (Å²) in [6.07, 6.45) is 4.41. The Balaban J connectivity index is 3.05. The molecule has 0 aromatic heterocycles. The number of carbonyl (C=O) groups is 1. The van der Waals surface area contributed by atoms with Crippen molar-refractivity contribution in [2.24, 2.45) is 0 Å². The number of hydrogen-bond acceptors (Lipinski definition) is 3. The lowest BCUT2D eigenvalue weighted by molar-refractivity contribution is 0.0597. The first-order chi connectivity index (χ1) is 7.20. The molecular weight excluding hydrogens is 192 g/mol. The fraction of sp³-hybridized carbons (Fsp3) is 0.250. The van der Waals surface area contributed by atoms with Crippen LogP contribution in [0.15, 0.2) is 30.4 Å². The zero-order valence-electron chi connectivity index (χ0n) is 8.86. The summed E-state index contributed by atoms with van der Waals surface area (Å²) in [5.74, 6) is -0.516. The molecule has 1 N–H and O–H groups in total. The summed E-state index contributed by atoms with van der Waals surface area (Å²) in [4.78, 5) is 11.3. The average Bonchev–Trinajstić information content (AvgIpc) is 2.27. The Kier molecular flexibility index (Phi) is 3.92. The second-order valence-corrected chi connectivity index (χ2v) is 3.08. The number of rotatable bonds is 3. The molecule has 0 bridgehead atoms. The van der Waals surface area contributed by atoms with Gasteiger partial charge in [-0.05, 0) is 25.0 Å². The van der Waals surface area contributed by atoms with E-state index < -0.39 is 5.97 Å². The summed E-state index contributed by atoms with van der Waals surface area (Å²) in [5.41, 5.74) is 0.926. The first kappa shape index (κ1) is 11.3. The van der Waals surface area contributed by atoms with Crippen molar-refractivity contribution in [1.29, 1.82) is 0 Å². The molecule has 0 radical (unpaired) electrons. The predicted octanol–water partition coefficient (Wildman–Crippen LogP) is 2.30. The molecular formula is C12H14O3. The maximum absolute atomic E-state index is 11.3. The minimum atomic E-state index is -0.519. The molecule has 0 spiro atoms. The number of esters is 1. The van der Waals surface area contributed by atoms with Crippen LogP contribution in [0.4, 0.5) is 0 Å². The highest BCUT2D eigenvalue weighted by atomic mass is 16.5. The second-order valence-electron chi connectivity index (χ2n) is 3.08. The van der Waals surface area contributed by atoms with Crippen molar-refractivity contribution in [3.05, 3.63) is 41.5 Å². The van der Waals surface area contributed by atoms with Crippen LogP contribution in [-0.2, 0) is 11.2 Å². The van der Waals surface area contributed by atoms with Crippen molar-refractivity contribution in [3.8, 4) is 5.75 Å². The molecule has 3 heteroatoms. The second kappa shape index (κ2) is 5.20. The Morgan fingerprint density at radius 1 is 1.53 bits per heavy atom. The number of aromatic hydroxyl groups is 1. The SMILES string of the molecule is CC=CCc1cccc(C(=O)OC)c1O. The Morgan fingerprint density at radius 2 is 2.27 bits per heavy atom. The summed E-state index contributed by atoms with van der Waals surface area (Å²) in [5, 5.41) is 9.78. The van der Waals surface area contributed by atoms with E-state index in [1.807, 2.05) is 19.1 Å². The number of methoxy groups -OCH3 is 1. The average molecular weight is 206 g/mol. The maximum Gasteiger partial charge on any atom is 0.341 e. The van der Waals surface area contributed by atoms with Crippen molar-refractivity contribution < 1.29 is 14.6 Å². The lowest BCUT2D eigenvalue weighted by atomic mass is 10.1. The molecule has 1 aromatic carbocycles. The molecule has 0 fully saturated rings. The van der Waals surface area contributed by atoms with Crippen LogP contribution in [0.5, 0.6) is 5.75 Å². The van der Waals surface area contributed by atoms with Crippen LogP contribution in [0.1, 0.15) is 22.8 Å². The van der Waals surface area contributed by atoms with E-state index in [-0.39, 0.29) is 11.3 Å². The molecule has 15 heavy (non-hydrogen) atoms. The van der Waals surface area contributed by atoms with Gasteiger partial charge < -0.3 is 9.84 Å². The van der Waals surface area contributed by atoms with Crippen LogP contribution in [0, 0.1) is 0 Å². The van der Waals surface area contributed by atoms with Gasteiger partial charge in [0.15, 0.2) is 0 Å². The first-order valence-electron chi connectivity index (χ1n) is 4.71. The highest BCUT2D eigenvalue weighted by Gasteiger charge is 2.13. The zero-order chi connectivity index (χ0) is 11.3. The first-order valence-corrected chi connectivity index (χ1v) is 4.71. The van der Waals surface area contributed by atoms with E-state index in [9.17, 15) is 9.90 Å². The minimum absolute atomic E-state index is 0.00227. The van der Waals surface area contributed by atoms with E-state index in [0.29, 0.717) is 6.42 Å². The van der Waals surface area contributed by atoms with Gasteiger partial charge in [0, 0.05) is 0 Å². The van der Waals surface area contributed by atoms with Gasteiger partial charge >= 0.3 is 5.97 Å². The van der Waals surface area contributed by atoms with Gasteiger partial charge in [0.05, 0.1) is 7.11 Å². The van der Waals surface area contributed by atoms with Gasteiger partial charge in [0.25, 0.3) is 0 Å². The topological polar surface area (TPSA) is 46.5 Å². The summed E-state index contributed by atoms with van der Waals surface area (Å²) < 4.78 is 4.56. The largest absolute Gasteiger partial charge is 0.507 e. The molecule has 1 aromatic rings. The number of carbonyl (C=O) groups excluding carboxylic acids is 1. The quantitative estimate of drug-likeness (QED) is 0.609. The summed E-state index contributed by atoms with van der Waals surface area (Å²) in [6.45, 7) is 1.90. The van der Waals surface area contributed by atoms with Crippen LogP contribution in [-0.4, -0.2) is 18.2 Å². The Hall–Kier alpha value is -1.77. The molecule has 0 saturated carbocycles. The number of hydrogen-bond donors (Lipinski definition) is 1. The number of phenols is 1. The summed E-state index contributed by atoms with van der Waals surface area (Å²) in [7, 11) is 1.29. The number of phenolic OH excluding ortho intramolecular Hbond substituents is 1. The molecule has 0 aliphatic heterocycles. The predicted molar refractivity (Wildman–Crippen MR) is 58.0 cm³/mol. The molecule has 0 saturated heterocycles. The van der Waals surface area contributed by atoms with Gasteiger partial charge in [-0.2, -0.15) is 0 Å². The smallest absolute Gasteiger partial charge is 0.341 e. The Morgan fingerprint density at radius 3 is 2.87 bits per heavy atom. The van der Waals surface area contributed by atoms with Crippen molar-refractivity contribution >= 4 is 5.97 Å². The third-order valence-electron chi connectivity index (χ3n) is 2.10. The van der Waals surface area contributed by atoms with Crippen molar-refractivity contribution in [1.82, 2.24) is 0 Å². The van der Waals surface area contributed by atoms with Crippen LogP contribution in [0.25, 0.3) is 0 Å². The third-order valence-corrected chi connectivity index (χ3v) is 2.10. The van der Waals surface area contributed by atoms with E-state index in [0.717, 1.165) is 5.56 Å². The van der Waals surface area contributed by atoms with Crippen LogP contribution in [0.3, 0.4) is 0 Å². The molecule has 1 rings (SSSR count). The standard InChI is InChI=1S/C12H14O3/c1-3-4-6-9-7-5-8-10(11(9)13)12(14)15-2/h3-5,7-8,13H,6H2,1-2H3. The highest BCUT2D eigenvalue weighted by Crippen LogP contribution is 2.23. The van der Waals surface area contributed by atoms with Gasteiger partial charge in [-0.15, -0.1) is 0 Å². The number of para-hydroxylation sites is 1. The minimum Gasteiger partial charge on any atom is -0.507 e. The van der Waals surface area contributed by atoms with Gasteiger partial charge in [-0.1, -0.05) is 24.3 Å². The molecule has 0 heterocycles. The summed E-state index contributed by atoms with van der Waals surface area (Å²) in [6, 6.07) is 5.05. The van der Waals surface area contributed by atoms with Crippen molar-refractivity contribution in [3.63, 3.8) is 0 Å². The molecule has 0 amide bonds. The number of benzene rings is 1. The third kappa shape index (κ3) is 2.59. The molecule has 0 aliphatic rings. The van der Waals surface area contributed by atoms with Gasteiger partial charge in [-0.3, -0.25) is 0 Å². The van der Waals surface area contributed by atoms with Crippen molar-refractivity contribution in [2.75, 3.05) is 7.11 Å². The fourth-order valence-electron chi connectivity index (χ4n) is 1.28. The van der Waals surface area contributed by atoms with Crippen LogP contribution < -0.4 is 0 Å². The zero-order valence-corrected chi connectivity index (χ0v) is 8.86. The van der Waals surface area contributed by atoms with E-state index in [2.05, 4.69) is 4.74 Å². The highest BCUT2D eigenvalue weighted by molar-refractivity contribution is 5.92. The van der Waals surface area contributed by atoms with Gasteiger partial charge in [-0.25, -0.2) is 4.79 Å². The van der Waals surface area contributed by atoms with Crippen molar-refractivity contribution in [2.45, 2.75) is 13.3 Å². The van der Waals surface area contributed by atoms with Gasteiger partial charge in [0.1, 0.15) is 11.3 Å². The Labute approximate surface area is 89.0 Å². The molecule has 0 aliphatic carbocycles. The number of ether oxygens (including phenoxy) is 1. The monoisotopic (exact) mass is 206 g/mol. The van der Waals surface area contributed by atoms with E-state index in [1.165, 1.54) is 7.11 Å². The van der Waals surface area contributed by atoms with E-state index in [1.54, 1.807) is 18.2 Å². The van der Waals surface area contributed by atoms with E-state index >= 15 is 0 Å². The lowest BCUT2D eigenvalue weighted by Crippen LogP contribution is -2.02. The Bertz CT molecular complexity index is 380.